The van der Waals surface area contributed by atoms with Crippen LogP contribution in [0.4, 0.5) is 11.5 Å². The molecule has 0 saturated carbocycles. The van der Waals surface area contributed by atoms with E-state index in [-0.39, 0.29) is 11.4 Å². The number of aromatic nitrogens is 2. The molecule has 2 aromatic rings. The fourth-order valence-corrected chi connectivity index (χ4v) is 2.01. The van der Waals surface area contributed by atoms with Crippen LogP contribution in [-0.2, 0) is 0 Å². The van der Waals surface area contributed by atoms with Gasteiger partial charge in [0.1, 0.15) is 17.7 Å². The van der Waals surface area contributed by atoms with Gasteiger partial charge in [-0.15, -0.1) is 0 Å². The van der Waals surface area contributed by atoms with Crippen molar-refractivity contribution in [2.45, 2.75) is 0 Å². The third kappa shape index (κ3) is 2.85. The van der Waals surface area contributed by atoms with Crippen molar-refractivity contribution in [3.05, 3.63) is 45.2 Å². The molecule has 7 heteroatoms. The lowest BCUT2D eigenvalue weighted by Crippen LogP contribution is -2.05. The Bertz CT molecular complexity index is 605. The highest BCUT2D eigenvalue weighted by molar-refractivity contribution is 9.11. The summed E-state index contributed by atoms with van der Waals surface area (Å²) in [6.45, 7) is 0. The average Bonchev–Trinajstić information content (AvgIpc) is 2.34. The molecule has 2 N–H and O–H groups in total. The molecule has 5 nitrogen and oxygen atoms in total. The van der Waals surface area contributed by atoms with Crippen LogP contribution in [-0.4, -0.2) is 21.0 Å². The average molecular weight is 373 g/mol. The maximum Gasteiger partial charge on any atom is 0.341 e. The zero-order valence-corrected chi connectivity index (χ0v) is 12.1. The van der Waals surface area contributed by atoms with E-state index >= 15 is 0 Å². The Morgan fingerprint density at radius 1 is 1.33 bits per heavy atom. The highest BCUT2D eigenvalue weighted by Gasteiger charge is 2.12. The van der Waals surface area contributed by atoms with Gasteiger partial charge in [-0.05, 0) is 34.1 Å². The lowest BCUT2D eigenvalue weighted by molar-refractivity contribution is 0.0697. The van der Waals surface area contributed by atoms with E-state index in [0.717, 1.165) is 8.95 Å². The Kier molecular flexibility index (Phi) is 3.93. The first-order chi connectivity index (χ1) is 8.58. The van der Waals surface area contributed by atoms with Crippen LogP contribution in [0.2, 0.25) is 0 Å². The monoisotopic (exact) mass is 371 g/mol. The molecule has 0 unspecified atom stereocenters. The first-order valence-electron chi connectivity index (χ1n) is 4.83. The first-order valence-corrected chi connectivity index (χ1v) is 6.42. The minimum atomic E-state index is -1.08. The summed E-state index contributed by atoms with van der Waals surface area (Å²) >= 11 is 6.72. The number of carboxylic acids is 1. The molecule has 1 aromatic heterocycles. The summed E-state index contributed by atoms with van der Waals surface area (Å²) in [6, 6.07) is 5.53. The van der Waals surface area contributed by atoms with E-state index in [1.165, 1.54) is 12.5 Å². The molecule has 0 aliphatic carbocycles. The minimum Gasteiger partial charge on any atom is -0.477 e. The second-order valence-electron chi connectivity index (χ2n) is 3.34. The zero-order valence-electron chi connectivity index (χ0n) is 8.89. The van der Waals surface area contributed by atoms with Gasteiger partial charge in [0, 0.05) is 15.1 Å². The third-order valence-corrected chi connectivity index (χ3v) is 3.31. The number of carboxylic acid groups (broad SMARTS) is 1. The first kappa shape index (κ1) is 13.0. The van der Waals surface area contributed by atoms with Crippen molar-refractivity contribution in [2.75, 3.05) is 5.32 Å². The Labute approximate surface area is 120 Å². The van der Waals surface area contributed by atoms with E-state index in [9.17, 15) is 4.79 Å². The lowest BCUT2D eigenvalue weighted by atomic mass is 10.3. The number of aromatic carboxylic acids is 1. The van der Waals surface area contributed by atoms with Crippen molar-refractivity contribution in [1.29, 1.82) is 0 Å². The number of anilines is 2. The summed E-state index contributed by atoms with van der Waals surface area (Å²) in [7, 11) is 0. The van der Waals surface area contributed by atoms with Gasteiger partial charge in [0.15, 0.2) is 0 Å². The second-order valence-corrected chi connectivity index (χ2v) is 5.11. The molecule has 2 rings (SSSR count). The number of halogens is 2. The van der Waals surface area contributed by atoms with Gasteiger partial charge in [-0.2, -0.15) is 0 Å². The van der Waals surface area contributed by atoms with E-state index in [4.69, 9.17) is 5.11 Å². The maximum absolute atomic E-state index is 11.0. The topological polar surface area (TPSA) is 75.1 Å². The zero-order chi connectivity index (χ0) is 13.1. The van der Waals surface area contributed by atoms with Crippen molar-refractivity contribution in [3.63, 3.8) is 0 Å². The lowest BCUT2D eigenvalue weighted by Gasteiger charge is -2.09. The highest BCUT2D eigenvalue weighted by atomic mass is 79.9. The largest absolute Gasteiger partial charge is 0.477 e. The molecule has 0 atom stereocenters. The number of nitrogens with one attached hydrogen (secondary N) is 1. The summed E-state index contributed by atoms with van der Waals surface area (Å²) in [5.41, 5.74) is 0.731. The maximum atomic E-state index is 11.0. The normalized spacial score (nSPS) is 10.1. The van der Waals surface area contributed by atoms with Gasteiger partial charge < -0.3 is 10.4 Å². The SMILES string of the molecule is O=C(O)c1cncnc1Nc1cc(Br)ccc1Br. The molecular formula is C11H7Br2N3O2. The highest BCUT2D eigenvalue weighted by Crippen LogP contribution is 2.29. The quantitative estimate of drug-likeness (QED) is 0.863. The van der Waals surface area contributed by atoms with Crippen LogP contribution in [0.5, 0.6) is 0 Å². The van der Waals surface area contributed by atoms with Crippen LogP contribution in [0, 0.1) is 0 Å². The van der Waals surface area contributed by atoms with Crippen LogP contribution in [0.1, 0.15) is 10.4 Å². The van der Waals surface area contributed by atoms with Crippen LogP contribution in [0.3, 0.4) is 0 Å². The van der Waals surface area contributed by atoms with Crippen LogP contribution >= 0.6 is 31.9 Å². The number of rotatable bonds is 3. The predicted octanol–water partition coefficient (Wildman–Crippen LogP) is 3.44. The van der Waals surface area contributed by atoms with E-state index in [2.05, 4.69) is 47.1 Å². The van der Waals surface area contributed by atoms with Crippen molar-refractivity contribution in [2.24, 2.45) is 0 Å². The molecule has 0 radical (unpaired) electrons. The number of hydrogen-bond donors (Lipinski definition) is 2. The molecule has 92 valence electrons. The molecule has 0 aliphatic heterocycles. The summed E-state index contributed by atoms with van der Waals surface area (Å²) in [5, 5.41) is 12.0. The van der Waals surface area contributed by atoms with Crippen LogP contribution in [0.25, 0.3) is 0 Å². The summed E-state index contributed by atoms with van der Waals surface area (Å²) in [6.07, 6.45) is 2.55. The molecule has 1 heterocycles. The Balaban J connectivity index is 2.40. The Morgan fingerprint density at radius 2 is 2.11 bits per heavy atom. The van der Waals surface area contributed by atoms with Gasteiger partial charge in [0.2, 0.25) is 0 Å². The number of hydrogen-bond acceptors (Lipinski definition) is 4. The fourth-order valence-electron chi connectivity index (χ4n) is 1.31. The van der Waals surface area contributed by atoms with Crippen LogP contribution < -0.4 is 5.32 Å². The van der Waals surface area contributed by atoms with Gasteiger partial charge in [0.05, 0.1) is 5.69 Å². The van der Waals surface area contributed by atoms with E-state index in [1.54, 1.807) is 0 Å². The molecule has 0 bridgehead atoms. The molecule has 0 aliphatic rings. The van der Waals surface area contributed by atoms with Crippen molar-refractivity contribution in [1.82, 2.24) is 9.97 Å². The molecule has 0 saturated heterocycles. The molecule has 1 aromatic carbocycles. The van der Waals surface area contributed by atoms with Gasteiger partial charge in [-0.25, -0.2) is 14.8 Å². The number of benzene rings is 1. The predicted molar refractivity (Wildman–Crippen MR) is 74.1 cm³/mol. The molecule has 0 spiro atoms. The molecule has 18 heavy (non-hydrogen) atoms. The van der Waals surface area contributed by atoms with Gasteiger partial charge >= 0.3 is 5.97 Å². The van der Waals surface area contributed by atoms with Crippen molar-refractivity contribution >= 4 is 49.3 Å². The fraction of sp³-hybridized carbons (Fsp3) is 0. The van der Waals surface area contributed by atoms with Crippen molar-refractivity contribution < 1.29 is 9.90 Å². The Hall–Kier alpha value is -1.47. The van der Waals surface area contributed by atoms with Crippen LogP contribution in [0.15, 0.2) is 39.7 Å². The smallest absolute Gasteiger partial charge is 0.341 e. The van der Waals surface area contributed by atoms with E-state index in [1.807, 2.05) is 18.2 Å². The summed E-state index contributed by atoms with van der Waals surface area (Å²) in [4.78, 5) is 18.6. The number of carbonyl (C=O) groups is 1. The standard InChI is InChI=1S/C11H7Br2N3O2/c12-6-1-2-8(13)9(3-6)16-10-7(11(17)18)4-14-5-15-10/h1-5H,(H,17,18)(H,14,15,16). The van der Waals surface area contributed by atoms with Crippen molar-refractivity contribution in [3.8, 4) is 0 Å². The second kappa shape index (κ2) is 5.45. The molecule has 0 amide bonds. The minimum absolute atomic E-state index is 0.0179. The molecule has 0 fully saturated rings. The van der Waals surface area contributed by atoms with Gasteiger partial charge in [0.25, 0.3) is 0 Å². The van der Waals surface area contributed by atoms with Gasteiger partial charge in [-0.3, -0.25) is 0 Å². The van der Waals surface area contributed by atoms with Gasteiger partial charge in [-0.1, -0.05) is 15.9 Å². The Morgan fingerprint density at radius 3 is 2.83 bits per heavy atom. The van der Waals surface area contributed by atoms with E-state index < -0.39 is 5.97 Å². The number of nitrogens with zero attached hydrogens (tertiary/aromatic N) is 2. The molecular weight excluding hydrogens is 366 g/mol. The summed E-state index contributed by atoms with van der Waals surface area (Å²) < 4.78 is 1.68. The van der Waals surface area contributed by atoms with E-state index in [0.29, 0.717) is 5.69 Å². The third-order valence-electron chi connectivity index (χ3n) is 2.12. The summed E-state index contributed by atoms with van der Waals surface area (Å²) in [5.74, 6) is -0.833.